The first-order valence-corrected chi connectivity index (χ1v) is 11.6. The molecule has 0 N–H and O–H groups in total. The lowest BCUT2D eigenvalue weighted by Gasteiger charge is -2.39. The van der Waals surface area contributed by atoms with Crippen molar-refractivity contribution in [1.29, 1.82) is 0 Å². The molecule has 0 spiro atoms. The highest BCUT2D eigenvalue weighted by molar-refractivity contribution is 5.38. The van der Waals surface area contributed by atoms with Gasteiger partial charge in [-0.25, -0.2) is 9.97 Å². The Bertz CT molecular complexity index is 604. The Balaban J connectivity index is 1.33. The van der Waals surface area contributed by atoms with E-state index in [-0.39, 0.29) is 0 Å². The van der Waals surface area contributed by atoms with Crippen molar-refractivity contribution in [3.63, 3.8) is 0 Å². The molecule has 3 aliphatic heterocycles. The van der Waals surface area contributed by atoms with Crippen LogP contribution in [0.15, 0.2) is 12.4 Å². The van der Waals surface area contributed by atoms with Crippen LogP contribution in [-0.4, -0.2) is 71.6 Å². The molecule has 156 valence electrons. The smallest absolute Gasteiger partial charge is 0.225 e. The second-order valence-electron chi connectivity index (χ2n) is 9.63. The van der Waals surface area contributed by atoms with E-state index in [1.807, 2.05) is 0 Å². The van der Waals surface area contributed by atoms with Gasteiger partial charge in [-0.15, -0.1) is 0 Å². The van der Waals surface area contributed by atoms with Gasteiger partial charge in [-0.1, -0.05) is 20.3 Å². The van der Waals surface area contributed by atoms with Gasteiger partial charge in [0.25, 0.3) is 0 Å². The van der Waals surface area contributed by atoms with Gasteiger partial charge in [-0.3, -0.25) is 0 Å². The molecule has 3 aliphatic rings. The molecule has 3 saturated heterocycles. The maximum Gasteiger partial charge on any atom is 0.225 e. The molecule has 1 aromatic heterocycles. The second-order valence-corrected chi connectivity index (χ2v) is 9.63. The van der Waals surface area contributed by atoms with Crippen LogP contribution in [-0.2, 0) is 0 Å². The molecule has 0 aromatic carbocycles. The first-order valence-electron chi connectivity index (χ1n) is 11.6. The molecule has 28 heavy (non-hydrogen) atoms. The Labute approximate surface area is 171 Å². The fraction of sp³-hybridized carbons (Fsp3) is 0.826. The molecular weight excluding hydrogens is 346 g/mol. The van der Waals surface area contributed by atoms with Crippen LogP contribution in [0.1, 0.15) is 70.3 Å². The van der Waals surface area contributed by atoms with Gasteiger partial charge in [0.15, 0.2) is 0 Å². The summed E-state index contributed by atoms with van der Waals surface area (Å²) in [5.41, 5.74) is 1.34. The molecule has 0 aliphatic carbocycles. The van der Waals surface area contributed by atoms with E-state index in [2.05, 4.69) is 48.0 Å². The molecule has 4 heterocycles. The van der Waals surface area contributed by atoms with Gasteiger partial charge in [0.2, 0.25) is 5.95 Å². The van der Waals surface area contributed by atoms with E-state index in [9.17, 15) is 0 Å². The van der Waals surface area contributed by atoms with Gasteiger partial charge in [0.1, 0.15) is 0 Å². The van der Waals surface area contributed by atoms with Crippen molar-refractivity contribution in [2.24, 2.45) is 5.92 Å². The van der Waals surface area contributed by atoms with Crippen molar-refractivity contribution < 1.29 is 0 Å². The van der Waals surface area contributed by atoms with Crippen LogP contribution in [0.4, 0.5) is 5.95 Å². The second kappa shape index (κ2) is 9.08. The van der Waals surface area contributed by atoms with Crippen molar-refractivity contribution in [3.8, 4) is 0 Å². The monoisotopic (exact) mass is 385 g/mol. The predicted octanol–water partition coefficient (Wildman–Crippen LogP) is 3.77. The summed E-state index contributed by atoms with van der Waals surface area (Å²) in [6.07, 6.45) is 13.4. The van der Waals surface area contributed by atoms with Gasteiger partial charge in [0.05, 0.1) is 0 Å². The summed E-state index contributed by atoms with van der Waals surface area (Å²) in [6.45, 7) is 10.7. The van der Waals surface area contributed by atoms with E-state index in [4.69, 9.17) is 9.97 Å². The SMILES string of the molecule is CCC(C)CCCN1CCCC(c2cnc(N3C4CCC3CN(C)C4)nc2)C1. The van der Waals surface area contributed by atoms with Crippen LogP contribution in [0, 0.1) is 5.92 Å². The van der Waals surface area contributed by atoms with Gasteiger partial charge in [-0.05, 0) is 76.1 Å². The standard InChI is InChI=1S/C23H39N5/c1-4-18(2)7-5-11-27-12-6-8-19(15-27)20-13-24-23(25-14-20)28-21-9-10-22(28)17-26(3)16-21/h13-14,18-19,21-22H,4-12,15-17H2,1-3H3. The zero-order chi connectivity index (χ0) is 19.5. The van der Waals surface area contributed by atoms with E-state index < -0.39 is 0 Å². The Hall–Kier alpha value is -1.20. The molecule has 4 atom stereocenters. The van der Waals surface area contributed by atoms with E-state index >= 15 is 0 Å². The lowest BCUT2D eigenvalue weighted by Crippen LogP contribution is -2.53. The zero-order valence-electron chi connectivity index (χ0n) is 18.2. The average molecular weight is 386 g/mol. The maximum atomic E-state index is 4.84. The normalized spacial score (nSPS) is 30.0. The zero-order valence-corrected chi connectivity index (χ0v) is 18.2. The number of rotatable bonds is 7. The van der Waals surface area contributed by atoms with Crippen LogP contribution in [0.3, 0.4) is 0 Å². The molecule has 3 fully saturated rings. The van der Waals surface area contributed by atoms with Crippen LogP contribution in [0.2, 0.25) is 0 Å². The van der Waals surface area contributed by atoms with E-state index in [1.165, 1.54) is 70.1 Å². The quantitative estimate of drug-likeness (QED) is 0.714. The molecule has 5 heteroatoms. The Kier molecular flexibility index (Phi) is 6.52. The van der Waals surface area contributed by atoms with E-state index in [0.717, 1.165) is 25.0 Å². The van der Waals surface area contributed by atoms with E-state index in [0.29, 0.717) is 18.0 Å². The molecule has 5 nitrogen and oxygen atoms in total. The van der Waals surface area contributed by atoms with Crippen molar-refractivity contribution in [1.82, 2.24) is 19.8 Å². The summed E-state index contributed by atoms with van der Waals surface area (Å²) in [5, 5.41) is 0. The molecule has 0 radical (unpaired) electrons. The van der Waals surface area contributed by atoms with Crippen LogP contribution < -0.4 is 4.90 Å². The summed E-state index contributed by atoms with van der Waals surface area (Å²) < 4.78 is 0. The minimum absolute atomic E-state index is 0.602. The van der Waals surface area contributed by atoms with Crippen molar-refractivity contribution in [3.05, 3.63) is 18.0 Å². The van der Waals surface area contributed by atoms with Crippen LogP contribution in [0.5, 0.6) is 0 Å². The summed E-state index contributed by atoms with van der Waals surface area (Å²) in [4.78, 5) is 17.3. The Morgan fingerprint density at radius 2 is 1.79 bits per heavy atom. The highest BCUT2D eigenvalue weighted by Gasteiger charge is 2.40. The Morgan fingerprint density at radius 1 is 1.07 bits per heavy atom. The fourth-order valence-electron chi connectivity index (χ4n) is 5.51. The number of likely N-dealkylation sites (tertiary alicyclic amines) is 2. The van der Waals surface area contributed by atoms with E-state index in [1.54, 1.807) is 0 Å². The van der Waals surface area contributed by atoms with Crippen LogP contribution in [0.25, 0.3) is 0 Å². The predicted molar refractivity (Wildman–Crippen MR) is 116 cm³/mol. The fourth-order valence-corrected chi connectivity index (χ4v) is 5.51. The third-order valence-corrected chi connectivity index (χ3v) is 7.40. The van der Waals surface area contributed by atoms with Crippen molar-refractivity contribution in [2.75, 3.05) is 44.7 Å². The average Bonchev–Trinajstić information content (AvgIpc) is 2.99. The third kappa shape index (κ3) is 4.51. The number of nitrogens with zero attached hydrogens (tertiary/aromatic N) is 5. The number of hydrogen-bond donors (Lipinski definition) is 0. The molecule has 4 unspecified atom stereocenters. The summed E-state index contributed by atoms with van der Waals surface area (Å²) in [5.74, 6) is 2.44. The number of fused-ring (bicyclic) bond motifs is 2. The van der Waals surface area contributed by atoms with Crippen LogP contribution >= 0.6 is 0 Å². The minimum atomic E-state index is 0.602. The number of anilines is 1. The number of piperazine rings is 1. The first kappa shape index (κ1) is 20.1. The molecular formula is C23H39N5. The minimum Gasteiger partial charge on any atom is -0.332 e. The molecule has 0 amide bonds. The largest absolute Gasteiger partial charge is 0.332 e. The Morgan fingerprint density at radius 3 is 2.46 bits per heavy atom. The number of aromatic nitrogens is 2. The first-order chi connectivity index (χ1) is 13.6. The number of likely N-dealkylation sites (N-methyl/N-ethyl adjacent to an activating group) is 1. The topological polar surface area (TPSA) is 35.5 Å². The summed E-state index contributed by atoms with van der Waals surface area (Å²) in [6, 6.07) is 1.20. The van der Waals surface area contributed by atoms with Gasteiger partial charge in [0, 0.05) is 44.1 Å². The summed E-state index contributed by atoms with van der Waals surface area (Å²) >= 11 is 0. The number of piperidine rings is 1. The lowest BCUT2D eigenvalue weighted by molar-refractivity contribution is 0.200. The van der Waals surface area contributed by atoms with Gasteiger partial charge >= 0.3 is 0 Å². The molecule has 0 saturated carbocycles. The van der Waals surface area contributed by atoms with Crippen molar-refractivity contribution in [2.45, 2.75) is 76.8 Å². The maximum absolute atomic E-state index is 4.84. The molecule has 4 rings (SSSR count). The highest BCUT2D eigenvalue weighted by Crippen LogP contribution is 2.33. The van der Waals surface area contributed by atoms with Crippen molar-refractivity contribution >= 4 is 5.95 Å². The van der Waals surface area contributed by atoms with Gasteiger partial charge in [-0.2, -0.15) is 0 Å². The third-order valence-electron chi connectivity index (χ3n) is 7.40. The highest BCUT2D eigenvalue weighted by atomic mass is 15.4. The number of hydrogen-bond acceptors (Lipinski definition) is 5. The molecule has 1 aromatic rings. The van der Waals surface area contributed by atoms with Gasteiger partial charge < -0.3 is 14.7 Å². The summed E-state index contributed by atoms with van der Waals surface area (Å²) in [7, 11) is 2.24. The lowest BCUT2D eigenvalue weighted by atomic mass is 9.92. The molecule has 2 bridgehead atoms.